The number of aromatic carboxylic acids is 1. The summed E-state index contributed by atoms with van der Waals surface area (Å²) < 4.78 is 5.46. The monoisotopic (exact) mass is 363 g/mol. The third kappa shape index (κ3) is 2.36. The average Bonchev–Trinajstić information content (AvgIpc) is 2.66. The van der Waals surface area contributed by atoms with E-state index in [2.05, 4.69) is 0 Å². The van der Waals surface area contributed by atoms with E-state index in [1.807, 2.05) is 0 Å². The zero-order chi connectivity index (χ0) is 19.3. The van der Waals surface area contributed by atoms with E-state index in [0.717, 1.165) is 6.07 Å². The minimum absolute atomic E-state index is 0.0301. The highest BCUT2D eigenvalue weighted by atomic mass is 16.4. The highest BCUT2D eigenvalue weighted by molar-refractivity contribution is 6.09. The molecule has 4 rings (SSSR count). The zero-order valence-electron chi connectivity index (χ0n) is 13.6. The Morgan fingerprint density at radius 2 is 1.70 bits per heavy atom. The maximum Gasteiger partial charge on any atom is 0.336 e. The zero-order valence-corrected chi connectivity index (χ0v) is 13.6. The van der Waals surface area contributed by atoms with Crippen molar-refractivity contribution in [3.8, 4) is 39.7 Å². The molecule has 1 aliphatic heterocycles. The molecule has 0 atom stereocenters. The SMILES string of the molecule is O=C(O)c1ccccc1-c1c2ccc(=O)c([O-])c-2oc2c(O)c(O)ccc12. The molecule has 27 heavy (non-hydrogen) atoms. The minimum Gasteiger partial charge on any atom is -0.867 e. The van der Waals surface area contributed by atoms with Gasteiger partial charge in [0.15, 0.2) is 16.8 Å². The van der Waals surface area contributed by atoms with E-state index in [0.29, 0.717) is 5.56 Å². The average molecular weight is 363 g/mol. The molecule has 0 spiro atoms. The number of carboxylic acids is 1. The molecule has 0 saturated heterocycles. The Balaban J connectivity index is 2.29. The summed E-state index contributed by atoms with van der Waals surface area (Å²) in [4.78, 5) is 23.5. The summed E-state index contributed by atoms with van der Waals surface area (Å²) in [6.07, 6.45) is 0. The molecule has 3 N–H and O–H groups in total. The quantitative estimate of drug-likeness (QED) is 0.368. The van der Waals surface area contributed by atoms with Gasteiger partial charge in [-0.15, -0.1) is 0 Å². The largest absolute Gasteiger partial charge is 0.867 e. The predicted octanol–water partition coefficient (Wildman–Crippen LogP) is 2.75. The molecule has 7 nitrogen and oxygen atoms in total. The van der Waals surface area contributed by atoms with Crippen molar-refractivity contribution in [2.24, 2.45) is 0 Å². The van der Waals surface area contributed by atoms with Gasteiger partial charge >= 0.3 is 5.97 Å². The summed E-state index contributed by atoms with van der Waals surface area (Å²) in [6.45, 7) is 0. The van der Waals surface area contributed by atoms with Crippen LogP contribution < -0.4 is 10.5 Å². The Bertz CT molecular complexity index is 1250. The van der Waals surface area contributed by atoms with Gasteiger partial charge < -0.3 is 24.8 Å². The maximum absolute atomic E-state index is 12.3. The van der Waals surface area contributed by atoms with Crippen LogP contribution in [0.15, 0.2) is 57.7 Å². The van der Waals surface area contributed by atoms with E-state index >= 15 is 0 Å². The Morgan fingerprint density at radius 1 is 0.963 bits per heavy atom. The van der Waals surface area contributed by atoms with Gasteiger partial charge in [0.25, 0.3) is 0 Å². The van der Waals surface area contributed by atoms with Gasteiger partial charge in [-0.25, -0.2) is 4.79 Å². The smallest absolute Gasteiger partial charge is 0.336 e. The van der Waals surface area contributed by atoms with E-state index in [1.165, 1.54) is 24.3 Å². The first kappa shape index (κ1) is 16.5. The first-order valence-electron chi connectivity index (χ1n) is 7.84. The number of aromatic hydroxyl groups is 2. The lowest BCUT2D eigenvalue weighted by atomic mass is 9.90. The highest BCUT2D eigenvalue weighted by Crippen LogP contribution is 2.46. The van der Waals surface area contributed by atoms with Gasteiger partial charge in [0, 0.05) is 16.5 Å². The molecule has 2 aromatic carbocycles. The van der Waals surface area contributed by atoms with Crippen LogP contribution in [0.2, 0.25) is 0 Å². The molecule has 134 valence electrons. The second kappa shape index (κ2) is 5.77. The first-order chi connectivity index (χ1) is 12.9. The lowest BCUT2D eigenvalue weighted by Gasteiger charge is -2.20. The van der Waals surface area contributed by atoms with Gasteiger partial charge in [0.05, 0.1) is 5.56 Å². The Labute approximate surface area is 151 Å². The van der Waals surface area contributed by atoms with Crippen molar-refractivity contribution in [1.29, 1.82) is 0 Å². The van der Waals surface area contributed by atoms with Crippen LogP contribution in [0.25, 0.3) is 33.4 Å². The van der Waals surface area contributed by atoms with Crippen LogP contribution in [0, 0.1) is 0 Å². The van der Waals surface area contributed by atoms with Gasteiger partial charge in [-0.2, -0.15) is 0 Å². The number of carboxylic acid groups (broad SMARTS) is 1. The van der Waals surface area contributed by atoms with Gasteiger partial charge in [-0.05, 0) is 41.6 Å². The number of hydrogen-bond donors (Lipinski definition) is 3. The molecule has 0 aromatic heterocycles. The molecule has 1 aliphatic carbocycles. The number of phenols is 2. The molecule has 7 heteroatoms. The molecule has 0 saturated carbocycles. The predicted molar refractivity (Wildman–Crippen MR) is 94.3 cm³/mol. The number of fused-ring (bicyclic) bond motifs is 2. The van der Waals surface area contributed by atoms with E-state index in [4.69, 9.17) is 4.42 Å². The van der Waals surface area contributed by atoms with Crippen LogP contribution >= 0.6 is 0 Å². The van der Waals surface area contributed by atoms with Crippen molar-refractivity contribution in [2.45, 2.75) is 0 Å². The molecule has 0 radical (unpaired) electrons. The fraction of sp³-hybridized carbons (Fsp3) is 0. The molecular formula is C20H11O7-. The van der Waals surface area contributed by atoms with Crippen LogP contribution in [-0.2, 0) is 0 Å². The number of phenolic OH excluding ortho intramolecular Hbond substituents is 2. The van der Waals surface area contributed by atoms with Crippen LogP contribution in [-0.4, -0.2) is 21.3 Å². The molecule has 2 aromatic rings. The van der Waals surface area contributed by atoms with Crippen molar-refractivity contribution in [3.05, 3.63) is 64.3 Å². The van der Waals surface area contributed by atoms with E-state index in [9.17, 15) is 30.0 Å². The van der Waals surface area contributed by atoms with Gasteiger partial charge in [0.2, 0.25) is 5.75 Å². The molecule has 0 bridgehead atoms. The van der Waals surface area contributed by atoms with Crippen LogP contribution in [0.5, 0.6) is 17.2 Å². The third-order valence-electron chi connectivity index (χ3n) is 4.36. The topological polar surface area (TPSA) is 131 Å². The standard InChI is InChI=1S/C20H12O7/c21-13-7-5-11-15(9-3-1-2-4-10(9)20(25)26)12-6-8-14(22)17(24)19(12)27-18(11)16(13)23/h1-8,21,23-24H,(H,25,26)/p-1. The fourth-order valence-electron chi connectivity index (χ4n) is 3.13. The number of rotatable bonds is 2. The van der Waals surface area contributed by atoms with Crippen LogP contribution in [0.1, 0.15) is 10.4 Å². The van der Waals surface area contributed by atoms with Gasteiger partial charge in [-0.1, -0.05) is 18.2 Å². The van der Waals surface area contributed by atoms with Crippen LogP contribution in [0.3, 0.4) is 0 Å². The summed E-state index contributed by atoms with van der Waals surface area (Å²) in [5.74, 6) is -3.52. The van der Waals surface area contributed by atoms with E-state index in [-0.39, 0.29) is 33.4 Å². The highest BCUT2D eigenvalue weighted by Gasteiger charge is 2.24. The van der Waals surface area contributed by atoms with Crippen molar-refractivity contribution in [3.63, 3.8) is 0 Å². The Hall–Kier alpha value is -4.00. The molecule has 0 fully saturated rings. The van der Waals surface area contributed by atoms with E-state index in [1.54, 1.807) is 18.2 Å². The Kier molecular flexibility index (Phi) is 3.52. The van der Waals surface area contributed by atoms with Crippen molar-refractivity contribution < 1.29 is 29.6 Å². The summed E-state index contributed by atoms with van der Waals surface area (Å²) in [5, 5.41) is 42.1. The Morgan fingerprint density at radius 3 is 2.44 bits per heavy atom. The summed E-state index contributed by atoms with van der Waals surface area (Å²) in [6, 6.07) is 11.3. The second-order valence-electron chi connectivity index (χ2n) is 5.91. The van der Waals surface area contributed by atoms with Crippen molar-refractivity contribution >= 4 is 16.9 Å². The lowest BCUT2D eigenvalue weighted by Crippen LogP contribution is -2.11. The molecule has 1 heterocycles. The van der Waals surface area contributed by atoms with E-state index < -0.39 is 28.6 Å². The molecule has 0 unspecified atom stereocenters. The summed E-state index contributed by atoms with van der Waals surface area (Å²) >= 11 is 0. The summed E-state index contributed by atoms with van der Waals surface area (Å²) in [7, 11) is 0. The van der Waals surface area contributed by atoms with Crippen molar-refractivity contribution in [1.82, 2.24) is 0 Å². The molecular weight excluding hydrogens is 352 g/mol. The van der Waals surface area contributed by atoms with Gasteiger partial charge in [0.1, 0.15) is 5.76 Å². The van der Waals surface area contributed by atoms with Gasteiger partial charge in [-0.3, -0.25) is 4.79 Å². The number of hydrogen-bond acceptors (Lipinski definition) is 6. The third-order valence-corrected chi connectivity index (χ3v) is 4.36. The minimum atomic E-state index is -1.18. The lowest BCUT2D eigenvalue weighted by molar-refractivity contribution is -0.270. The van der Waals surface area contributed by atoms with Crippen LogP contribution in [0.4, 0.5) is 0 Å². The maximum atomic E-state index is 12.3. The fourth-order valence-corrected chi connectivity index (χ4v) is 3.13. The number of benzene rings is 3. The number of carbonyl (C=O) groups is 1. The second-order valence-corrected chi connectivity index (χ2v) is 5.91. The summed E-state index contributed by atoms with van der Waals surface area (Å²) in [5.41, 5.74) is -0.248. The molecule has 2 aliphatic rings. The molecule has 0 amide bonds. The normalized spacial score (nSPS) is 11.1. The first-order valence-corrected chi connectivity index (χ1v) is 7.84. The van der Waals surface area contributed by atoms with Crippen molar-refractivity contribution in [2.75, 3.05) is 0 Å².